The quantitative estimate of drug-likeness (QED) is 0.115. The number of pyridine rings is 1. The number of sulfone groups is 1. The van der Waals surface area contributed by atoms with Crippen LogP contribution in [-0.2, 0) is 33.6 Å². The normalized spacial score (nSPS) is 22.3. The van der Waals surface area contributed by atoms with Crippen LogP contribution in [0.25, 0.3) is 6.08 Å². The summed E-state index contributed by atoms with van der Waals surface area (Å²) in [5, 5.41) is -1.59. The van der Waals surface area contributed by atoms with E-state index in [9.17, 15) is 27.6 Å². The molecule has 0 saturated carbocycles. The molecule has 5 rings (SSSR count). The molecule has 2 aliphatic heterocycles. The molecule has 0 radical (unpaired) electrons. The van der Waals surface area contributed by atoms with Crippen molar-refractivity contribution >= 4 is 39.9 Å². The summed E-state index contributed by atoms with van der Waals surface area (Å²) in [5.41, 5.74) is 6.42. The molecule has 3 heterocycles. The lowest BCUT2D eigenvalue weighted by atomic mass is 9.93. The summed E-state index contributed by atoms with van der Waals surface area (Å²) in [6.45, 7) is 3.85. The zero-order valence-corrected chi connectivity index (χ0v) is 24.9. The number of carbonyl (C=O) groups is 4. The van der Waals surface area contributed by atoms with Crippen molar-refractivity contribution in [3.05, 3.63) is 120 Å². The van der Waals surface area contributed by atoms with Gasteiger partial charge in [0.05, 0.1) is 16.8 Å². The second-order valence-electron chi connectivity index (χ2n) is 10.5. The lowest BCUT2D eigenvalue weighted by Gasteiger charge is -2.39. The van der Waals surface area contributed by atoms with Crippen molar-refractivity contribution in [2.75, 3.05) is 13.2 Å². The van der Waals surface area contributed by atoms with Crippen LogP contribution in [0, 0.1) is 0 Å². The number of amides is 2. The van der Waals surface area contributed by atoms with Gasteiger partial charge in [0.1, 0.15) is 18.0 Å². The molecule has 2 fully saturated rings. The van der Waals surface area contributed by atoms with Crippen LogP contribution < -0.4 is 5.73 Å². The fraction of sp³-hybridized carbons (Fsp3) is 0.219. The minimum absolute atomic E-state index is 0.0236. The van der Waals surface area contributed by atoms with E-state index in [2.05, 4.69) is 11.6 Å². The predicted octanol–water partition coefficient (Wildman–Crippen LogP) is 2.96. The Balaban J connectivity index is 1.53. The zero-order valence-electron chi connectivity index (χ0n) is 24.1. The minimum Gasteiger partial charge on any atom is -0.458 e. The first-order valence-electron chi connectivity index (χ1n) is 13.7. The number of rotatable bonds is 10. The van der Waals surface area contributed by atoms with E-state index in [4.69, 9.17) is 19.9 Å². The summed E-state index contributed by atoms with van der Waals surface area (Å²) in [4.78, 5) is 56.5. The molecular weight excluding hydrogens is 602 g/mol. The van der Waals surface area contributed by atoms with Gasteiger partial charge in [-0.1, -0.05) is 73.3 Å². The van der Waals surface area contributed by atoms with Crippen LogP contribution in [0.1, 0.15) is 40.2 Å². The Kier molecular flexibility index (Phi) is 8.55. The highest BCUT2D eigenvalue weighted by Crippen LogP contribution is 2.50. The van der Waals surface area contributed by atoms with Gasteiger partial charge >= 0.3 is 18.0 Å². The van der Waals surface area contributed by atoms with Crippen molar-refractivity contribution in [1.29, 1.82) is 0 Å². The number of aromatic nitrogens is 1. The number of nitrogens with zero attached hydrogens (tertiary/aromatic N) is 2. The maximum Gasteiger partial charge on any atom is 0.404 e. The maximum absolute atomic E-state index is 14.1. The number of carbonyl (C=O) groups excluding carboxylic acids is 4. The smallest absolute Gasteiger partial charge is 0.404 e. The van der Waals surface area contributed by atoms with E-state index in [0.717, 1.165) is 4.90 Å². The van der Waals surface area contributed by atoms with Gasteiger partial charge in [-0.2, -0.15) is 0 Å². The lowest BCUT2D eigenvalue weighted by molar-refractivity contribution is -0.161. The minimum atomic E-state index is -4.45. The van der Waals surface area contributed by atoms with Crippen LogP contribution in [0.15, 0.2) is 97.2 Å². The van der Waals surface area contributed by atoms with Crippen LogP contribution in [0.3, 0.4) is 0 Å². The third-order valence-electron chi connectivity index (χ3n) is 7.62. The summed E-state index contributed by atoms with van der Waals surface area (Å²) in [5.74, 6) is -2.46. The molecule has 2 aromatic carbocycles. The summed E-state index contributed by atoms with van der Waals surface area (Å²) in [7, 11) is -4.45. The van der Waals surface area contributed by atoms with Crippen LogP contribution in [0.4, 0.5) is 4.79 Å². The molecule has 232 valence electrons. The van der Waals surface area contributed by atoms with Gasteiger partial charge in [-0.05, 0) is 36.3 Å². The summed E-state index contributed by atoms with van der Waals surface area (Å²) in [6.07, 6.45) is 1.73. The Bertz CT molecular complexity index is 1750. The van der Waals surface area contributed by atoms with E-state index in [-0.39, 0.29) is 23.4 Å². The fourth-order valence-electron chi connectivity index (χ4n) is 5.39. The highest BCUT2D eigenvalue weighted by atomic mass is 32.2. The number of nitrogens with two attached hydrogens (primary N) is 1. The number of primary amides is 1. The molecule has 0 spiro atoms. The molecule has 1 aromatic heterocycles. The van der Waals surface area contributed by atoms with Crippen molar-refractivity contribution in [3.8, 4) is 0 Å². The molecule has 2 saturated heterocycles. The number of ether oxygens (including phenoxy) is 3. The SMILES string of the molecule is C=CCOC(=O)c1ccnc(C=C2C(=O)N3[C@@H](C(=O)OC(c4ccccc4)c4ccccc4)[C@](C)(COC(N)=O)S(=O)(=O)[C@H]23)c1. The van der Waals surface area contributed by atoms with Gasteiger partial charge in [-0.25, -0.2) is 22.8 Å². The first-order chi connectivity index (χ1) is 21.5. The van der Waals surface area contributed by atoms with Gasteiger partial charge in [0.15, 0.2) is 27.4 Å². The van der Waals surface area contributed by atoms with E-state index in [1.165, 1.54) is 37.4 Å². The second kappa shape index (κ2) is 12.4. The van der Waals surface area contributed by atoms with E-state index in [0.29, 0.717) is 11.1 Å². The van der Waals surface area contributed by atoms with Gasteiger partial charge in [-0.3, -0.25) is 9.78 Å². The highest BCUT2D eigenvalue weighted by Gasteiger charge is 2.73. The molecule has 45 heavy (non-hydrogen) atoms. The van der Waals surface area contributed by atoms with Crippen molar-refractivity contribution in [1.82, 2.24) is 9.88 Å². The summed E-state index contributed by atoms with van der Waals surface area (Å²) >= 11 is 0. The molecule has 2 amide bonds. The van der Waals surface area contributed by atoms with Crippen LogP contribution in [0.5, 0.6) is 0 Å². The van der Waals surface area contributed by atoms with E-state index < -0.39 is 62.6 Å². The average Bonchev–Trinajstić information content (AvgIpc) is 3.21. The third-order valence-corrected chi connectivity index (χ3v) is 10.3. The van der Waals surface area contributed by atoms with E-state index in [1.54, 1.807) is 60.7 Å². The average molecular weight is 632 g/mol. The molecule has 13 heteroatoms. The van der Waals surface area contributed by atoms with E-state index >= 15 is 0 Å². The molecule has 3 aromatic rings. The molecule has 2 N–H and O–H groups in total. The topological polar surface area (TPSA) is 172 Å². The molecular formula is C32H29N3O9S. The van der Waals surface area contributed by atoms with Crippen LogP contribution in [-0.4, -0.2) is 71.6 Å². The van der Waals surface area contributed by atoms with Crippen LogP contribution in [0.2, 0.25) is 0 Å². The Labute approximate surface area is 259 Å². The van der Waals surface area contributed by atoms with Crippen LogP contribution >= 0.6 is 0 Å². The van der Waals surface area contributed by atoms with Gasteiger partial charge in [0, 0.05) is 6.20 Å². The standard InChI is InChI=1S/C32H29N3O9S/c1-3-16-42-29(37)22-14-15-34-23(17-22)18-24-27(36)35-26(32(2,19-43-31(33)39)45(40,41)28(24)35)30(38)44-25(20-10-6-4-7-11-20)21-12-8-5-9-13-21/h3-15,17-18,25-26,28H,1,16,19H2,2H3,(H2,33,39)/t26-,28+,32-/m0/s1. The van der Waals surface area contributed by atoms with Gasteiger partial charge in [0.2, 0.25) is 0 Å². The van der Waals surface area contributed by atoms with Gasteiger partial charge in [0.25, 0.3) is 5.91 Å². The largest absolute Gasteiger partial charge is 0.458 e. The first-order valence-corrected chi connectivity index (χ1v) is 15.3. The molecule has 2 aliphatic rings. The highest BCUT2D eigenvalue weighted by molar-refractivity contribution is 7.94. The summed E-state index contributed by atoms with van der Waals surface area (Å²) < 4.78 is 42.0. The number of esters is 2. The summed E-state index contributed by atoms with van der Waals surface area (Å²) in [6, 6.07) is 18.7. The first kappa shape index (κ1) is 31.1. The number of benzene rings is 2. The predicted molar refractivity (Wildman–Crippen MR) is 161 cm³/mol. The Morgan fingerprint density at radius 1 is 1.04 bits per heavy atom. The second-order valence-corrected chi connectivity index (χ2v) is 13.0. The van der Waals surface area contributed by atoms with E-state index in [1.807, 2.05) is 0 Å². The Hall–Kier alpha value is -5.30. The van der Waals surface area contributed by atoms with Gasteiger partial charge in [-0.15, -0.1) is 0 Å². The van der Waals surface area contributed by atoms with Crippen molar-refractivity contribution in [2.24, 2.45) is 5.73 Å². The molecule has 0 unspecified atom stereocenters. The molecule has 3 atom stereocenters. The molecule has 0 bridgehead atoms. The number of hydrogen-bond acceptors (Lipinski definition) is 10. The lowest BCUT2D eigenvalue weighted by Crippen LogP contribution is -2.60. The molecule has 0 aliphatic carbocycles. The van der Waals surface area contributed by atoms with Gasteiger partial charge < -0.3 is 24.8 Å². The number of hydrogen-bond donors (Lipinski definition) is 1. The Morgan fingerprint density at radius 3 is 2.24 bits per heavy atom. The zero-order chi connectivity index (χ0) is 32.4. The monoisotopic (exact) mass is 631 g/mol. The van der Waals surface area contributed by atoms with Crippen molar-refractivity contribution in [2.45, 2.75) is 29.2 Å². The van der Waals surface area contributed by atoms with Crippen molar-refractivity contribution in [3.63, 3.8) is 0 Å². The number of β-lactam (4-membered cyclic amide) rings is 1. The third kappa shape index (κ3) is 5.69. The fourth-order valence-corrected chi connectivity index (χ4v) is 7.66. The Morgan fingerprint density at radius 2 is 1.67 bits per heavy atom. The van der Waals surface area contributed by atoms with Crippen molar-refractivity contribution < 1.29 is 41.8 Å². The molecule has 12 nitrogen and oxygen atoms in total. The number of fused-ring (bicyclic) bond motifs is 1. The maximum atomic E-state index is 14.1.